The van der Waals surface area contributed by atoms with Gasteiger partial charge in [-0.15, -0.1) is 0 Å². The number of aliphatic hydroxyl groups is 2. The molecule has 0 radical (unpaired) electrons. The molecule has 19 heavy (non-hydrogen) atoms. The number of aliphatic hydroxyl groups excluding tert-OH is 2. The van der Waals surface area contributed by atoms with Crippen LogP contribution < -0.4 is 0 Å². The summed E-state index contributed by atoms with van der Waals surface area (Å²) in [5.41, 5.74) is 0.939. The highest BCUT2D eigenvalue weighted by molar-refractivity contribution is 5.96. The van der Waals surface area contributed by atoms with E-state index < -0.39 is 6.10 Å². The first-order valence-corrected chi connectivity index (χ1v) is 6.03. The number of nitrogens with zero attached hydrogens (tertiary/aromatic N) is 2. The Morgan fingerprint density at radius 1 is 1.58 bits per heavy atom. The minimum absolute atomic E-state index is 0.176. The van der Waals surface area contributed by atoms with Crippen LogP contribution in [0.1, 0.15) is 29.3 Å². The van der Waals surface area contributed by atoms with Gasteiger partial charge in [-0.25, -0.2) is 0 Å². The van der Waals surface area contributed by atoms with Crippen LogP contribution in [0.2, 0.25) is 0 Å². The predicted octanol–water partition coefficient (Wildman–Crippen LogP) is 0.268. The van der Waals surface area contributed by atoms with Crippen LogP contribution in [0.5, 0.6) is 0 Å². The van der Waals surface area contributed by atoms with Gasteiger partial charge in [0.25, 0.3) is 5.91 Å². The molecule has 0 saturated heterocycles. The summed E-state index contributed by atoms with van der Waals surface area (Å²) in [5.74, 6) is 5.03. The van der Waals surface area contributed by atoms with Gasteiger partial charge < -0.3 is 15.1 Å². The zero-order valence-electron chi connectivity index (χ0n) is 11.1. The molecule has 1 rings (SSSR count). The normalized spacial score (nSPS) is 11.4. The summed E-state index contributed by atoms with van der Waals surface area (Å²) < 4.78 is 0. The lowest BCUT2D eigenvalue weighted by Crippen LogP contribution is -2.30. The second-order valence-electron chi connectivity index (χ2n) is 4.25. The molecular weight excluding hydrogens is 244 g/mol. The third-order valence-corrected chi connectivity index (χ3v) is 2.58. The average Bonchev–Trinajstić information content (AvgIpc) is 2.42. The lowest BCUT2D eigenvalue weighted by molar-refractivity contribution is 0.0768. The Kier molecular flexibility index (Phi) is 6.00. The Bertz CT molecular complexity index is 489. The Balaban J connectivity index is 2.87. The van der Waals surface area contributed by atoms with Crippen LogP contribution in [-0.2, 0) is 0 Å². The van der Waals surface area contributed by atoms with Crippen LogP contribution in [0.3, 0.4) is 0 Å². The number of hydrogen-bond acceptors (Lipinski definition) is 4. The molecule has 0 spiro atoms. The van der Waals surface area contributed by atoms with Crippen molar-refractivity contribution in [2.45, 2.75) is 19.4 Å². The molecule has 0 saturated carbocycles. The number of amides is 1. The fourth-order valence-electron chi connectivity index (χ4n) is 1.50. The van der Waals surface area contributed by atoms with Crippen molar-refractivity contribution in [2.75, 3.05) is 20.2 Å². The molecule has 1 unspecified atom stereocenters. The predicted molar refractivity (Wildman–Crippen MR) is 71.5 cm³/mol. The van der Waals surface area contributed by atoms with E-state index in [1.807, 2.05) is 0 Å². The molecule has 1 atom stereocenters. The number of rotatable bonds is 4. The van der Waals surface area contributed by atoms with Crippen LogP contribution in [-0.4, -0.2) is 52.3 Å². The number of pyridine rings is 1. The van der Waals surface area contributed by atoms with Gasteiger partial charge in [0.15, 0.2) is 0 Å². The molecule has 0 aliphatic rings. The number of aromatic nitrogens is 1. The standard InChI is InChI=1S/C14H18N2O3/c1-11(18)6-8-16(2)14(19)13-5-7-15-10-12(13)4-3-9-17/h5,7,10-11,17-18H,6,8-9H2,1-2H3. The van der Waals surface area contributed by atoms with Gasteiger partial charge in [0.1, 0.15) is 6.61 Å². The maximum Gasteiger partial charge on any atom is 0.254 e. The average molecular weight is 262 g/mol. The molecule has 1 aromatic rings. The van der Waals surface area contributed by atoms with Gasteiger partial charge in [-0.05, 0) is 19.4 Å². The number of carbonyl (C=O) groups excluding carboxylic acids is 1. The highest BCUT2D eigenvalue weighted by atomic mass is 16.3. The van der Waals surface area contributed by atoms with E-state index in [1.54, 1.807) is 20.0 Å². The van der Waals surface area contributed by atoms with Gasteiger partial charge in [0.2, 0.25) is 0 Å². The Hall–Kier alpha value is -1.90. The first-order valence-electron chi connectivity index (χ1n) is 6.03. The molecule has 0 fully saturated rings. The highest BCUT2D eigenvalue weighted by Crippen LogP contribution is 2.09. The van der Waals surface area contributed by atoms with Crippen molar-refractivity contribution >= 4 is 5.91 Å². The zero-order chi connectivity index (χ0) is 14.3. The topological polar surface area (TPSA) is 73.7 Å². The first kappa shape index (κ1) is 15.2. The molecule has 0 aliphatic carbocycles. The van der Waals surface area contributed by atoms with Gasteiger partial charge in [-0.3, -0.25) is 9.78 Å². The van der Waals surface area contributed by atoms with E-state index in [1.165, 1.54) is 17.3 Å². The quantitative estimate of drug-likeness (QED) is 0.764. The molecule has 0 aromatic carbocycles. The smallest absolute Gasteiger partial charge is 0.254 e. The van der Waals surface area contributed by atoms with Crippen LogP contribution in [0.25, 0.3) is 0 Å². The molecule has 1 heterocycles. The molecule has 0 bridgehead atoms. The van der Waals surface area contributed by atoms with Crippen LogP contribution in [0, 0.1) is 11.8 Å². The van der Waals surface area contributed by atoms with E-state index in [0.717, 1.165) is 0 Å². The largest absolute Gasteiger partial charge is 0.393 e. The van der Waals surface area contributed by atoms with Crippen LogP contribution in [0.4, 0.5) is 0 Å². The van der Waals surface area contributed by atoms with Crippen molar-refractivity contribution in [1.29, 1.82) is 0 Å². The van der Waals surface area contributed by atoms with Gasteiger partial charge in [-0.2, -0.15) is 0 Å². The third kappa shape index (κ3) is 4.70. The van der Waals surface area contributed by atoms with E-state index in [4.69, 9.17) is 5.11 Å². The fraction of sp³-hybridized carbons (Fsp3) is 0.429. The maximum absolute atomic E-state index is 12.2. The molecule has 0 aliphatic heterocycles. The first-order chi connectivity index (χ1) is 9.06. The van der Waals surface area contributed by atoms with Crippen molar-refractivity contribution in [3.05, 3.63) is 29.6 Å². The van der Waals surface area contributed by atoms with E-state index in [0.29, 0.717) is 24.1 Å². The summed E-state index contributed by atoms with van der Waals surface area (Å²) in [7, 11) is 1.67. The summed E-state index contributed by atoms with van der Waals surface area (Å²) in [5, 5.41) is 17.9. The van der Waals surface area contributed by atoms with Crippen molar-refractivity contribution in [3.63, 3.8) is 0 Å². The number of hydrogen-bond donors (Lipinski definition) is 2. The van der Waals surface area contributed by atoms with E-state index in [-0.39, 0.29) is 12.5 Å². The van der Waals surface area contributed by atoms with Crippen molar-refractivity contribution in [3.8, 4) is 11.8 Å². The Morgan fingerprint density at radius 2 is 2.32 bits per heavy atom. The molecule has 5 heteroatoms. The monoisotopic (exact) mass is 262 g/mol. The Morgan fingerprint density at radius 3 is 2.95 bits per heavy atom. The van der Waals surface area contributed by atoms with Gasteiger partial charge in [0, 0.05) is 26.0 Å². The zero-order valence-corrected chi connectivity index (χ0v) is 11.1. The summed E-state index contributed by atoms with van der Waals surface area (Å²) >= 11 is 0. The van der Waals surface area contributed by atoms with E-state index in [2.05, 4.69) is 16.8 Å². The van der Waals surface area contributed by atoms with Gasteiger partial charge in [-0.1, -0.05) is 11.8 Å². The maximum atomic E-state index is 12.2. The third-order valence-electron chi connectivity index (χ3n) is 2.58. The minimum Gasteiger partial charge on any atom is -0.393 e. The second kappa shape index (κ2) is 7.52. The molecule has 102 valence electrons. The molecule has 1 aromatic heterocycles. The lowest BCUT2D eigenvalue weighted by atomic mass is 10.1. The Labute approximate surface area is 112 Å². The van der Waals surface area contributed by atoms with Crippen molar-refractivity contribution < 1.29 is 15.0 Å². The van der Waals surface area contributed by atoms with E-state index in [9.17, 15) is 9.90 Å². The molecule has 1 amide bonds. The van der Waals surface area contributed by atoms with Crippen LogP contribution >= 0.6 is 0 Å². The summed E-state index contributed by atoms with van der Waals surface area (Å²) in [6, 6.07) is 1.60. The van der Waals surface area contributed by atoms with Gasteiger partial charge in [0.05, 0.1) is 17.2 Å². The lowest BCUT2D eigenvalue weighted by Gasteiger charge is -2.18. The van der Waals surface area contributed by atoms with Crippen LogP contribution in [0.15, 0.2) is 18.5 Å². The van der Waals surface area contributed by atoms with E-state index >= 15 is 0 Å². The second-order valence-corrected chi connectivity index (χ2v) is 4.25. The summed E-state index contributed by atoms with van der Waals surface area (Å²) in [4.78, 5) is 17.7. The highest BCUT2D eigenvalue weighted by Gasteiger charge is 2.15. The minimum atomic E-state index is -0.443. The molecule has 5 nitrogen and oxygen atoms in total. The summed E-state index contributed by atoms with van der Waals surface area (Å²) in [6.07, 6.45) is 3.10. The SMILES string of the molecule is CC(O)CCN(C)C(=O)c1ccncc1C#CCO. The molecule has 2 N–H and O–H groups in total. The summed E-state index contributed by atoms with van der Waals surface area (Å²) in [6.45, 7) is 1.88. The fourth-order valence-corrected chi connectivity index (χ4v) is 1.50. The molecular formula is C14H18N2O3. The van der Waals surface area contributed by atoms with Gasteiger partial charge >= 0.3 is 0 Å². The van der Waals surface area contributed by atoms with Crippen molar-refractivity contribution in [1.82, 2.24) is 9.88 Å². The van der Waals surface area contributed by atoms with Crippen molar-refractivity contribution in [2.24, 2.45) is 0 Å². The number of carbonyl (C=O) groups is 1.